The molecule has 0 aromatic rings. The third kappa shape index (κ3) is 3.27. The van der Waals surface area contributed by atoms with E-state index in [9.17, 15) is 4.79 Å². The summed E-state index contributed by atoms with van der Waals surface area (Å²) in [7, 11) is 3.56. The summed E-state index contributed by atoms with van der Waals surface area (Å²) < 4.78 is 4.93. The van der Waals surface area contributed by atoms with Crippen molar-refractivity contribution in [3.8, 4) is 0 Å². The van der Waals surface area contributed by atoms with Crippen LogP contribution in [-0.4, -0.2) is 49.3 Å². The molecule has 0 bridgehead atoms. The van der Waals surface area contributed by atoms with Gasteiger partial charge in [-0.3, -0.25) is 0 Å². The molecule has 14 heavy (non-hydrogen) atoms. The standard InChI is InChI=1S/C10H19NO3/c1-11-5-3-8(4-6-11)7-9(14-2)10(12)13/h8-9H,3-7H2,1-2H3,(H,12,13). The Bertz CT molecular complexity index is 188. The van der Waals surface area contributed by atoms with Crippen molar-refractivity contribution in [1.82, 2.24) is 4.90 Å². The van der Waals surface area contributed by atoms with Crippen molar-refractivity contribution in [2.45, 2.75) is 25.4 Å². The molecule has 1 heterocycles. The molecule has 1 saturated heterocycles. The fourth-order valence-corrected chi connectivity index (χ4v) is 1.90. The fourth-order valence-electron chi connectivity index (χ4n) is 1.90. The molecule has 1 aliphatic heterocycles. The topological polar surface area (TPSA) is 49.8 Å². The third-order valence-corrected chi connectivity index (χ3v) is 2.95. The Morgan fingerprint density at radius 1 is 1.57 bits per heavy atom. The molecule has 0 amide bonds. The van der Waals surface area contributed by atoms with E-state index in [1.807, 2.05) is 0 Å². The number of carboxylic acid groups (broad SMARTS) is 1. The molecule has 0 radical (unpaired) electrons. The molecule has 0 aliphatic carbocycles. The zero-order valence-corrected chi connectivity index (χ0v) is 8.90. The Labute approximate surface area is 84.8 Å². The molecule has 1 unspecified atom stereocenters. The van der Waals surface area contributed by atoms with Crippen LogP contribution in [-0.2, 0) is 9.53 Å². The number of rotatable bonds is 4. The zero-order chi connectivity index (χ0) is 10.6. The SMILES string of the molecule is COC(CC1CCN(C)CC1)C(=O)O. The van der Waals surface area contributed by atoms with Crippen LogP contribution in [0, 0.1) is 5.92 Å². The van der Waals surface area contributed by atoms with Crippen LogP contribution < -0.4 is 0 Å². The zero-order valence-electron chi connectivity index (χ0n) is 8.90. The lowest BCUT2D eigenvalue weighted by molar-refractivity contribution is -0.149. The van der Waals surface area contributed by atoms with Crippen LogP contribution >= 0.6 is 0 Å². The number of piperidine rings is 1. The van der Waals surface area contributed by atoms with Crippen LogP contribution in [0.25, 0.3) is 0 Å². The Morgan fingerprint density at radius 2 is 2.14 bits per heavy atom. The van der Waals surface area contributed by atoms with E-state index in [2.05, 4.69) is 11.9 Å². The first-order valence-electron chi connectivity index (χ1n) is 5.07. The van der Waals surface area contributed by atoms with Gasteiger partial charge in [0.25, 0.3) is 0 Å². The van der Waals surface area contributed by atoms with Crippen molar-refractivity contribution in [2.75, 3.05) is 27.2 Å². The number of carboxylic acids is 1. The quantitative estimate of drug-likeness (QED) is 0.731. The number of likely N-dealkylation sites (tertiary alicyclic amines) is 1. The summed E-state index contributed by atoms with van der Waals surface area (Å²) in [5.74, 6) is -0.335. The highest BCUT2D eigenvalue weighted by molar-refractivity contribution is 5.72. The number of nitrogens with zero attached hydrogens (tertiary/aromatic N) is 1. The Balaban J connectivity index is 2.32. The van der Waals surface area contributed by atoms with Gasteiger partial charge in [0.1, 0.15) is 0 Å². The minimum atomic E-state index is -0.841. The van der Waals surface area contributed by atoms with Gasteiger partial charge in [-0.15, -0.1) is 0 Å². The minimum absolute atomic E-state index is 0.507. The van der Waals surface area contributed by atoms with Crippen LogP contribution in [0.15, 0.2) is 0 Å². The highest BCUT2D eigenvalue weighted by Crippen LogP contribution is 2.21. The van der Waals surface area contributed by atoms with Crippen LogP contribution in [0.3, 0.4) is 0 Å². The van der Waals surface area contributed by atoms with Crippen molar-refractivity contribution in [2.24, 2.45) is 5.92 Å². The van der Waals surface area contributed by atoms with Crippen molar-refractivity contribution < 1.29 is 14.6 Å². The molecule has 0 saturated carbocycles. The molecule has 4 heteroatoms. The number of ether oxygens (including phenoxy) is 1. The number of aliphatic carboxylic acids is 1. The predicted octanol–water partition coefficient (Wildman–Crippen LogP) is 0.818. The molecule has 82 valence electrons. The Hall–Kier alpha value is -0.610. The highest BCUT2D eigenvalue weighted by atomic mass is 16.5. The molecular formula is C10H19NO3. The van der Waals surface area contributed by atoms with E-state index < -0.39 is 12.1 Å². The van der Waals surface area contributed by atoms with Gasteiger partial charge >= 0.3 is 5.97 Å². The number of methoxy groups -OCH3 is 1. The van der Waals surface area contributed by atoms with Crippen molar-refractivity contribution in [3.05, 3.63) is 0 Å². The number of carbonyl (C=O) groups is 1. The van der Waals surface area contributed by atoms with E-state index in [1.165, 1.54) is 7.11 Å². The lowest BCUT2D eigenvalue weighted by atomic mass is 9.91. The monoisotopic (exact) mass is 201 g/mol. The average Bonchev–Trinajstić information content (AvgIpc) is 2.16. The molecular weight excluding hydrogens is 182 g/mol. The van der Waals surface area contributed by atoms with Gasteiger partial charge in [-0.25, -0.2) is 4.79 Å². The van der Waals surface area contributed by atoms with E-state index in [0.29, 0.717) is 12.3 Å². The first-order chi connectivity index (χ1) is 6.63. The lowest BCUT2D eigenvalue weighted by Gasteiger charge is -2.29. The Morgan fingerprint density at radius 3 is 2.57 bits per heavy atom. The van der Waals surface area contributed by atoms with Crippen LogP contribution in [0.4, 0.5) is 0 Å². The van der Waals surface area contributed by atoms with Crippen molar-refractivity contribution >= 4 is 5.97 Å². The normalized spacial score (nSPS) is 22.1. The van der Waals surface area contributed by atoms with E-state index in [0.717, 1.165) is 25.9 Å². The molecule has 4 nitrogen and oxygen atoms in total. The summed E-state index contributed by atoms with van der Waals surface area (Å²) in [5, 5.41) is 8.82. The largest absolute Gasteiger partial charge is 0.479 e. The number of hydrogen-bond donors (Lipinski definition) is 1. The molecule has 1 fully saturated rings. The maximum Gasteiger partial charge on any atom is 0.332 e. The first-order valence-corrected chi connectivity index (χ1v) is 5.07. The maximum absolute atomic E-state index is 10.7. The Kier molecular flexibility index (Phi) is 4.35. The summed E-state index contributed by atoms with van der Waals surface area (Å²) in [6.45, 7) is 2.14. The predicted molar refractivity (Wildman–Crippen MR) is 53.3 cm³/mol. The summed E-state index contributed by atoms with van der Waals surface area (Å²) in [6, 6.07) is 0. The van der Waals surface area contributed by atoms with Gasteiger partial charge in [-0.2, -0.15) is 0 Å². The second-order valence-corrected chi connectivity index (χ2v) is 4.04. The maximum atomic E-state index is 10.7. The average molecular weight is 201 g/mol. The fraction of sp³-hybridized carbons (Fsp3) is 0.900. The van der Waals surface area contributed by atoms with Gasteiger partial charge in [0, 0.05) is 7.11 Å². The smallest absolute Gasteiger partial charge is 0.332 e. The molecule has 1 N–H and O–H groups in total. The van der Waals surface area contributed by atoms with Gasteiger partial charge in [0.05, 0.1) is 0 Å². The first kappa shape index (κ1) is 11.5. The van der Waals surface area contributed by atoms with Crippen molar-refractivity contribution in [3.63, 3.8) is 0 Å². The second-order valence-electron chi connectivity index (χ2n) is 4.04. The van der Waals surface area contributed by atoms with Gasteiger partial charge in [0.15, 0.2) is 6.10 Å². The second kappa shape index (κ2) is 5.32. The van der Waals surface area contributed by atoms with Gasteiger partial charge < -0.3 is 14.7 Å². The van der Waals surface area contributed by atoms with E-state index in [1.54, 1.807) is 0 Å². The van der Waals surface area contributed by atoms with Gasteiger partial charge in [0.2, 0.25) is 0 Å². The summed E-state index contributed by atoms with van der Waals surface area (Å²) in [4.78, 5) is 13.0. The van der Waals surface area contributed by atoms with Crippen LogP contribution in [0.5, 0.6) is 0 Å². The molecule has 1 aliphatic rings. The molecule has 1 atom stereocenters. The van der Waals surface area contributed by atoms with E-state index in [4.69, 9.17) is 9.84 Å². The van der Waals surface area contributed by atoms with Gasteiger partial charge in [-0.05, 0) is 45.3 Å². The third-order valence-electron chi connectivity index (χ3n) is 2.95. The summed E-state index contributed by atoms with van der Waals surface area (Å²) in [5.41, 5.74) is 0. The van der Waals surface area contributed by atoms with Gasteiger partial charge in [-0.1, -0.05) is 0 Å². The van der Waals surface area contributed by atoms with Crippen LogP contribution in [0.2, 0.25) is 0 Å². The molecule has 1 rings (SSSR count). The lowest BCUT2D eigenvalue weighted by Crippen LogP contribution is -2.33. The molecule has 0 aromatic carbocycles. The summed E-state index contributed by atoms with van der Waals surface area (Å²) in [6.07, 6.45) is 2.20. The number of hydrogen-bond acceptors (Lipinski definition) is 3. The highest BCUT2D eigenvalue weighted by Gasteiger charge is 2.24. The van der Waals surface area contributed by atoms with E-state index >= 15 is 0 Å². The van der Waals surface area contributed by atoms with Crippen molar-refractivity contribution in [1.29, 1.82) is 0 Å². The summed E-state index contributed by atoms with van der Waals surface area (Å²) >= 11 is 0. The van der Waals surface area contributed by atoms with E-state index in [-0.39, 0.29) is 0 Å². The molecule has 0 aromatic heterocycles. The molecule has 0 spiro atoms. The minimum Gasteiger partial charge on any atom is -0.479 e. The van der Waals surface area contributed by atoms with Crippen LogP contribution in [0.1, 0.15) is 19.3 Å².